The van der Waals surface area contributed by atoms with E-state index in [0.717, 1.165) is 15.9 Å². The fraction of sp³-hybridized carbons (Fsp3) is 0.0870. The smallest absolute Gasteiger partial charge is 0.300 e. The summed E-state index contributed by atoms with van der Waals surface area (Å²) in [4.78, 5) is 27.5. The van der Waals surface area contributed by atoms with Gasteiger partial charge in [-0.3, -0.25) is 14.8 Å². The molecular weight excluding hydrogens is 408 g/mol. The van der Waals surface area contributed by atoms with Crippen LogP contribution in [0.3, 0.4) is 0 Å². The number of anilines is 2. The Bertz CT molecular complexity index is 1240. The summed E-state index contributed by atoms with van der Waals surface area (Å²) in [7, 11) is 1.55. The summed E-state index contributed by atoms with van der Waals surface area (Å²) in [6.07, 6.45) is 0. The van der Waals surface area contributed by atoms with E-state index in [-0.39, 0.29) is 11.9 Å². The molecule has 0 saturated carbocycles. The van der Waals surface area contributed by atoms with E-state index in [9.17, 15) is 14.8 Å². The van der Waals surface area contributed by atoms with E-state index in [1.807, 2.05) is 6.07 Å². The quantitative estimate of drug-likeness (QED) is 0.183. The number of aliphatic imine (C=N–C) groups is 1. The highest BCUT2D eigenvalue weighted by Crippen LogP contribution is 2.27. The Morgan fingerprint density at radius 1 is 1.09 bits per heavy atom. The van der Waals surface area contributed by atoms with E-state index >= 15 is 0 Å². The van der Waals surface area contributed by atoms with Crippen LogP contribution in [0.15, 0.2) is 65.7 Å². The molecule has 0 aromatic heterocycles. The van der Waals surface area contributed by atoms with Crippen LogP contribution in [0.4, 0.5) is 17.1 Å². The minimum atomic E-state index is -0.401. The van der Waals surface area contributed by atoms with E-state index in [4.69, 9.17) is 5.73 Å². The minimum Gasteiger partial charge on any atom is -0.368 e. The van der Waals surface area contributed by atoms with Gasteiger partial charge in [0.2, 0.25) is 5.96 Å². The SMILES string of the molecule is CC#CC(=O)Nc1cccc2cc(N(O)NC(N)=Nc3ccc(C(=O)NC)cc3)ccc12. The summed E-state index contributed by atoms with van der Waals surface area (Å²) in [6, 6.07) is 17.0. The highest BCUT2D eigenvalue weighted by Gasteiger charge is 2.09. The van der Waals surface area contributed by atoms with E-state index in [0.29, 0.717) is 22.6 Å². The Kier molecular flexibility index (Phi) is 6.90. The van der Waals surface area contributed by atoms with Crippen LogP contribution in [0.25, 0.3) is 10.8 Å². The highest BCUT2D eigenvalue weighted by molar-refractivity contribution is 6.09. The molecule has 0 aliphatic rings. The molecule has 0 unspecified atom stereocenters. The van der Waals surface area contributed by atoms with Gasteiger partial charge < -0.3 is 16.4 Å². The van der Waals surface area contributed by atoms with Crippen LogP contribution in [0.2, 0.25) is 0 Å². The minimum absolute atomic E-state index is 0.0561. The molecule has 9 nitrogen and oxygen atoms in total. The zero-order chi connectivity index (χ0) is 23.1. The monoisotopic (exact) mass is 430 g/mol. The lowest BCUT2D eigenvalue weighted by molar-refractivity contribution is -0.111. The molecule has 32 heavy (non-hydrogen) atoms. The van der Waals surface area contributed by atoms with Gasteiger partial charge >= 0.3 is 0 Å². The lowest BCUT2D eigenvalue weighted by Gasteiger charge is -2.19. The molecule has 0 aliphatic carbocycles. The first kappa shape index (κ1) is 22.1. The van der Waals surface area contributed by atoms with Crippen molar-refractivity contribution in [1.29, 1.82) is 0 Å². The molecule has 0 bridgehead atoms. The summed E-state index contributed by atoms with van der Waals surface area (Å²) in [5, 5.41) is 18.0. The number of amides is 2. The van der Waals surface area contributed by atoms with Crippen molar-refractivity contribution in [2.75, 3.05) is 17.5 Å². The molecule has 0 radical (unpaired) electrons. The summed E-state index contributed by atoms with van der Waals surface area (Å²) in [6.45, 7) is 1.59. The molecule has 2 amide bonds. The maximum Gasteiger partial charge on any atom is 0.300 e. The van der Waals surface area contributed by atoms with Crippen LogP contribution in [0, 0.1) is 11.8 Å². The summed E-state index contributed by atoms with van der Waals surface area (Å²) < 4.78 is 0. The fourth-order valence-electron chi connectivity index (χ4n) is 2.95. The summed E-state index contributed by atoms with van der Waals surface area (Å²) in [5.41, 5.74) is 10.5. The molecular formula is C23H22N6O3. The highest BCUT2D eigenvalue weighted by atomic mass is 16.5. The molecule has 6 N–H and O–H groups in total. The van der Waals surface area contributed by atoms with Crippen molar-refractivity contribution in [2.24, 2.45) is 10.7 Å². The van der Waals surface area contributed by atoms with Crippen molar-refractivity contribution in [2.45, 2.75) is 6.92 Å². The first-order valence-electron chi connectivity index (χ1n) is 9.59. The van der Waals surface area contributed by atoms with Crippen LogP contribution >= 0.6 is 0 Å². The van der Waals surface area contributed by atoms with Gasteiger partial charge in [0.15, 0.2) is 0 Å². The van der Waals surface area contributed by atoms with Gasteiger partial charge in [0.05, 0.1) is 11.4 Å². The topological polar surface area (TPSA) is 132 Å². The predicted molar refractivity (Wildman–Crippen MR) is 125 cm³/mol. The van der Waals surface area contributed by atoms with Crippen LogP contribution in [0.1, 0.15) is 17.3 Å². The van der Waals surface area contributed by atoms with Crippen molar-refractivity contribution >= 4 is 45.6 Å². The number of carbonyl (C=O) groups excluding carboxylic acids is 2. The number of nitrogens with zero attached hydrogens (tertiary/aromatic N) is 2. The Morgan fingerprint density at radius 3 is 2.53 bits per heavy atom. The Labute approximate surface area is 184 Å². The zero-order valence-corrected chi connectivity index (χ0v) is 17.5. The molecule has 3 aromatic rings. The molecule has 3 rings (SSSR count). The molecule has 0 fully saturated rings. The van der Waals surface area contributed by atoms with Gasteiger partial charge in [0, 0.05) is 23.7 Å². The average molecular weight is 430 g/mol. The average Bonchev–Trinajstić information content (AvgIpc) is 2.79. The van der Waals surface area contributed by atoms with Crippen molar-refractivity contribution in [1.82, 2.24) is 10.7 Å². The number of benzene rings is 3. The Morgan fingerprint density at radius 2 is 1.84 bits per heavy atom. The number of guanidine groups is 1. The van der Waals surface area contributed by atoms with E-state index in [2.05, 4.69) is 32.9 Å². The molecule has 0 heterocycles. The molecule has 162 valence electrons. The van der Waals surface area contributed by atoms with Crippen LogP contribution in [-0.4, -0.2) is 30.0 Å². The molecule has 3 aromatic carbocycles. The number of hydrogen-bond donors (Lipinski definition) is 5. The van der Waals surface area contributed by atoms with Gasteiger partial charge in [0.25, 0.3) is 11.8 Å². The van der Waals surface area contributed by atoms with Crippen molar-refractivity contribution in [3.63, 3.8) is 0 Å². The lowest BCUT2D eigenvalue weighted by Crippen LogP contribution is -2.44. The second-order valence-electron chi connectivity index (χ2n) is 6.59. The Balaban J connectivity index is 1.75. The molecule has 0 spiro atoms. The number of rotatable bonds is 5. The first-order valence-corrected chi connectivity index (χ1v) is 9.59. The predicted octanol–water partition coefficient (Wildman–Crippen LogP) is 2.51. The third-order valence-electron chi connectivity index (χ3n) is 4.42. The fourth-order valence-corrected chi connectivity index (χ4v) is 2.95. The van der Waals surface area contributed by atoms with Crippen molar-refractivity contribution in [3.05, 3.63) is 66.2 Å². The van der Waals surface area contributed by atoms with Gasteiger partial charge in [-0.25, -0.2) is 10.4 Å². The van der Waals surface area contributed by atoms with Crippen LogP contribution in [0.5, 0.6) is 0 Å². The third-order valence-corrected chi connectivity index (χ3v) is 4.42. The van der Waals surface area contributed by atoms with Crippen molar-refractivity contribution in [3.8, 4) is 11.8 Å². The number of nitrogens with two attached hydrogens (primary N) is 1. The largest absolute Gasteiger partial charge is 0.368 e. The summed E-state index contributed by atoms with van der Waals surface area (Å²) >= 11 is 0. The molecule has 0 aliphatic heterocycles. The van der Waals surface area contributed by atoms with E-state index in [1.54, 1.807) is 68.6 Å². The number of hydrogen-bond acceptors (Lipinski definition) is 5. The zero-order valence-electron chi connectivity index (χ0n) is 17.5. The number of fused-ring (bicyclic) bond motifs is 1. The van der Waals surface area contributed by atoms with Gasteiger partial charge in [-0.15, -0.1) is 0 Å². The third kappa shape index (κ3) is 5.33. The maximum atomic E-state index is 11.8. The van der Waals surface area contributed by atoms with E-state index < -0.39 is 5.91 Å². The normalized spacial score (nSPS) is 10.7. The van der Waals surface area contributed by atoms with Gasteiger partial charge in [0.1, 0.15) is 0 Å². The maximum absolute atomic E-state index is 11.8. The van der Waals surface area contributed by atoms with Gasteiger partial charge in [-0.1, -0.05) is 24.1 Å². The Hall–Kier alpha value is -4.55. The second-order valence-corrected chi connectivity index (χ2v) is 6.59. The standard InChI is InChI=1S/C23H22N6O3/c1-3-5-21(30)27-20-7-4-6-16-14-18(12-13-19(16)20)29(32)28-23(24)26-17-10-8-15(9-11-17)22(31)25-2/h4,6-14,32H,1-2H3,(H,25,31)(H,27,30)(H3,24,26,28). The summed E-state index contributed by atoms with van der Waals surface area (Å²) in [5.74, 6) is 4.33. The lowest BCUT2D eigenvalue weighted by atomic mass is 10.1. The molecule has 0 atom stereocenters. The van der Waals surface area contributed by atoms with Crippen LogP contribution in [-0.2, 0) is 4.79 Å². The van der Waals surface area contributed by atoms with Crippen molar-refractivity contribution < 1.29 is 14.8 Å². The first-order chi connectivity index (χ1) is 15.4. The van der Waals surface area contributed by atoms with E-state index in [1.165, 1.54) is 0 Å². The second kappa shape index (κ2) is 9.97. The number of hydrazine groups is 1. The number of carbonyl (C=O) groups is 2. The van der Waals surface area contributed by atoms with Crippen LogP contribution < -0.4 is 27.0 Å². The van der Waals surface area contributed by atoms with Gasteiger partial charge in [-0.2, -0.15) is 5.17 Å². The molecule has 9 heteroatoms. The van der Waals surface area contributed by atoms with Gasteiger partial charge in [-0.05, 0) is 60.7 Å². The molecule has 0 saturated heterocycles. The number of nitrogens with one attached hydrogen (secondary N) is 3.